The van der Waals surface area contributed by atoms with Crippen molar-refractivity contribution < 1.29 is 9.47 Å². The van der Waals surface area contributed by atoms with Gasteiger partial charge in [0.2, 0.25) is 6.79 Å². The molecule has 0 unspecified atom stereocenters. The summed E-state index contributed by atoms with van der Waals surface area (Å²) in [4.78, 5) is 4.34. The van der Waals surface area contributed by atoms with Crippen LogP contribution in [0.1, 0.15) is 28.1 Å². The average Bonchev–Trinajstić information content (AvgIpc) is 3.33. The number of nitrogens with one attached hydrogen (secondary N) is 2. The lowest BCUT2D eigenvalue weighted by Crippen LogP contribution is -2.36. The van der Waals surface area contributed by atoms with Crippen LogP contribution in [0.3, 0.4) is 0 Å². The summed E-state index contributed by atoms with van der Waals surface area (Å²) in [5.41, 5.74) is 5.73. The Balaban J connectivity index is 1.36. The van der Waals surface area contributed by atoms with E-state index in [0.29, 0.717) is 13.1 Å². The zero-order valence-corrected chi connectivity index (χ0v) is 17.6. The summed E-state index contributed by atoms with van der Waals surface area (Å²) in [6.07, 6.45) is 0. The molecule has 0 fully saturated rings. The number of benzene rings is 2. The maximum atomic E-state index is 5.44. The second-order valence-corrected chi connectivity index (χ2v) is 7.26. The number of hydrogen-bond acceptors (Lipinski definition) is 4. The lowest BCUT2D eigenvalue weighted by molar-refractivity contribution is 0.174. The van der Waals surface area contributed by atoms with Crippen molar-refractivity contribution in [3.8, 4) is 11.5 Å². The third-order valence-electron chi connectivity index (χ3n) is 5.26. The molecule has 7 heteroatoms. The Morgan fingerprint density at radius 2 is 1.77 bits per heavy atom. The van der Waals surface area contributed by atoms with Gasteiger partial charge in [-0.25, -0.2) is 0 Å². The molecule has 156 valence electrons. The number of ether oxygens (including phenoxy) is 2. The van der Waals surface area contributed by atoms with E-state index in [0.717, 1.165) is 41.0 Å². The Hall–Kier alpha value is -3.48. The number of aryl methyl sites for hydroxylation is 1. The molecule has 1 aliphatic rings. The molecule has 2 aromatic carbocycles. The summed E-state index contributed by atoms with van der Waals surface area (Å²) in [6.45, 7) is 6.52. The van der Waals surface area contributed by atoms with Gasteiger partial charge in [-0.05, 0) is 37.1 Å². The summed E-state index contributed by atoms with van der Waals surface area (Å²) in [7, 11) is 1.77. The molecule has 0 atom stereocenters. The van der Waals surface area contributed by atoms with Gasteiger partial charge in [-0.15, -0.1) is 0 Å². The largest absolute Gasteiger partial charge is 0.454 e. The van der Waals surface area contributed by atoms with E-state index in [-0.39, 0.29) is 6.79 Å². The number of rotatable bonds is 6. The quantitative estimate of drug-likeness (QED) is 0.487. The molecule has 3 aromatic rings. The number of fused-ring (bicyclic) bond motifs is 1. The van der Waals surface area contributed by atoms with E-state index in [1.165, 1.54) is 11.1 Å². The van der Waals surface area contributed by atoms with Gasteiger partial charge < -0.3 is 20.1 Å². The highest BCUT2D eigenvalue weighted by atomic mass is 16.7. The van der Waals surface area contributed by atoms with Crippen LogP contribution in [-0.4, -0.2) is 29.6 Å². The lowest BCUT2D eigenvalue weighted by Gasteiger charge is -2.13. The summed E-state index contributed by atoms with van der Waals surface area (Å²) in [5, 5.41) is 11.5. The summed E-state index contributed by atoms with van der Waals surface area (Å²) < 4.78 is 12.9. The van der Waals surface area contributed by atoms with E-state index in [1.54, 1.807) is 7.05 Å². The van der Waals surface area contributed by atoms with Crippen LogP contribution in [0.2, 0.25) is 0 Å². The maximum Gasteiger partial charge on any atom is 0.231 e. The highest BCUT2D eigenvalue weighted by Gasteiger charge is 2.14. The van der Waals surface area contributed by atoms with Crippen molar-refractivity contribution >= 4 is 5.96 Å². The first-order valence-corrected chi connectivity index (χ1v) is 10.0. The molecule has 0 radical (unpaired) electrons. The first kappa shape index (κ1) is 19.8. The lowest BCUT2D eigenvalue weighted by atomic mass is 10.2. The molecule has 7 nitrogen and oxygen atoms in total. The molecule has 0 spiro atoms. The standard InChI is InChI=1S/C23H27N5O2/c1-16-20(17(2)28(27-16)14-18-7-5-4-6-8-18)13-26-23(24-3)25-12-19-9-10-21-22(11-19)30-15-29-21/h4-11H,12-15H2,1-3H3,(H2,24,25,26). The van der Waals surface area contributed by atoms with Gasteiger partial charge in [0.25, 0.3) is 0 Å². The van der Waals surface area contributed by atoms with E-state index in [4.69, 9.17) is 14.6 Å². The van der Waals surface area contributed by atoms with Crippen LogP contribution in [0.25, 0.3) is 0 Å². The fourth-order valence-corrected chi connectivity index (χ4v) is 3.53. The minimum Gasteiger partial charge on any atom is -0.454 e. The SMILES string of the molecule is CN=C(NCc1ccc2c(c1)OCO2)NCc1c(C)nn(Cc2ccccc2)c1C. The third kappa shape index (κ3) is 4.40. The molecule has 1 aromatic heterocycles. The molecule has 0 aliphatic carbocycles. The number of guanidine groups is 1. The fourth-order valence-electron chi connectivity index (χ4n) is 3.53. The van der Waals surface area contributed by atoms with Crippen molar-refractivity contribution in [1.82, 2.24) is 20.4 Å². The van der Waals surface area contributed by atoms with Gasteiger partial charge in [-0.1, -0.05) is 36.4 Å². The van der Waals surface area contributed by atoms with Crippen molar-refractivity contribution in [2.75, 3.05) is 13.8 Å². The molecule has 4 rings (SSSR count). The molecule has 0 bridgehead atoms. The monoisotopic (exact) mass is 405 g/mol. The van der Waals surface area contributed by atoms with Crippen LogP contribution in [0.5, 0.6) is 11.5 Å². The van der Waals surface area contributed by atoms with Crippen LogP contribution in [0, 0.1) is 13.8 Å². The topological polar surface area (TPSA) is 72.7 Å². The minimum absolute atomic E-state index is 0.284. The van der Waals surface area contributed by atoms with Crippen molar-refractivity contribution in [1.29, 1.82) is 0 Å². The normalized spacial score (nSPS) is 12.8. The number of nitrogens with zero attached hydrogens (tertiary/aromatic N) is 3. The van der Waals surface area contributed by atoms with Gasteiger partial charge in [0.1, 0.15) is 0 Å². The van der Waals surface area contributed by atoms with Crippen molar-refractivity contribution in [3.05, 3.63) is 76.6 Å². The van der Waals surface area contributed by atoms with Crippen molar-refractivity contribution in [3.63, 3.8) is 0 Å². The van der Waals surface area contributed by atoms with Crippen LogP contribution in [0.4, 0.5) is 0 Å². The first-order valence-electron chi connectivity index (χ1n) is 10.0. The second-order valence-electron chi connectivity index (χ2n) is 7.26. The Morgan fingerprint density at radius 3 is 2.57 bits per heavy atom. The summed E-state index contributed by atoms with van der Waals surface area (Å²) >= 11 is 0. The minimum atomic E-state index is 0.284. The van der Waals surface area contributed by atoms with E-state index >= 15 is 0 Å². The van der Waals surface area contributed by atoms with E-state index in [9.17, 15) is 0 Å². The van der Waals surface area contributed by atoms with Crippen molar-refractivity contribution in [2.45, 2.75) is 33.5 Å². The molecule has 2 N–H and O–H groups in total. The van der Waals surface area contributed by atoms with Gasteiger partial charge in [0.05, 0.1) is 12.2 Å². The maximum absolute atomic E-state index is 5.44. The smallest absolute Gasteiger partial charge is 0.231 e. The summed E-state index contributed by atoms with van der Waals surface area (Å²) in [5.74, 6) is 2.32. The zero-order chi connectivity index (χ0) is 20.9. The van der Waals surface area contributed by atoms with E-state index in [1.807, 2.05) is 31.2 Å². The number of aromatic nitrogens is 2. The Morgan fingerprint density at radius 1 is 1.00 bits per heavy atom. The van der Waals surface area contributed by atoms with Crippen LogP contribution >= 0.6 is 0 Å². The van der Waals surface area contributed by atoms with Crippen LogP contribution in [-0.2, 0) is 19.6 Å². The Bertz CT molecular complexity index is 1040. The molecule has 0 amide bonds. The van der Waals surface area contributed by atoms with Gasteiger partial charge in [-0.3, -0.25) is 9.67 Å². The molecule has 30 heavy (non-hydrogen) atoms. The average molecular weight is 406 g/mol. The predicted octanol–water partition coefficient (Wildman–Crippen LogP) is 3.14. The first-order chi connectivity index (χ1) is 14.6. The van der Waals surface area contributed by atoms with Gasteiger partial charge >= 0.3 is 0 Å². The van der Waals surface area contributed by atoms with Gasteiger partial charge in [0.15, 0.2) is 17.5 Å². The predicted molar refractivity (Wildman–Crippen MR) is 117 cm³/mol. The summed E-state index contributed by atoms with van der Waals surface area (Å²) in [6, 6.07) is 16.3. The Kier molecular flexibility index (Phi) is 5.88. The van der Waals surface area contributed by atoms with Gasteiger partial charge in [0, 0.05) is 31.4 Å². The molecule has 2 heterocycles. The highest BCUT2D eigenvalue weighted by Crippen LogP contribution is 2.32. The van der Waals surface area contributed by atoms with E-state index < -0.39 is 0 Å². The second kappa shape index (κ2) is 8.90. The van der Waals surface area contributed by atoms with E-state index in [2.05, 4.69) is 51.5 Å². The molecular weight excluding hydrogens is 378 g/mol. The highest BCUT2D eigenvalue weighted by molar-refractivity contribution is 5.79. The molecule has 1 aliphatic heterocycles. The van der Waals surface area contributed by atoms with Gasteiger partial charge in [-0.2, -0.15) is 5.10 Å². The van der Waals surface area contributed by atoms with Crippen molar-refractivity contribution in [2.24, 2.45) is 4.99 Å². The molecule has 0 saturated carbocycles. The van der Waals surface area contributed by atoms with Crippen LogP contribution < -0.4 is 20.1 Å². The number of aliphatic imine (C=N–C) groups is 1. The zero-order valence-electron chi connectivity index (χ0n) is 17.6. The molecular formula is C23H27N5O2. The fraction of sp³-hybridized carbons (Fsp3) is 0.304. The van der Waals surface area contributed by atoms with Crippen LogP contribution in [0.15, 0.2) is 53.5 Å². The third-order valence-corrected chi connectivity index (χ3v) is 5.26. The number of hydrogen-bond donors (Lipinski definition) is 2. The molecule has 0 saturated heterocycles. The Labute approximate surface area is 176 Å².